The van der Waals surface area contributed by atoms with Crippen molar-refractivity contribution in [2.75, 3.05) is 6.54 Å². The molecule has 6 heteroatoms. The van der Waals surface area contributed by atoms with Crippen molar-refractivity contribution < 1.29 is 4.39 Å². The molecular weight excluding hydrogens is 329 g/mol. The highest BCUT2D eigenvalue weighted by Gasteiger charge is 2.13. The molecule has 0 amide bonds. The summed E-state index contributed by atoms with van der Waals surface area (Å²) in [5.41, 5.74) is 1.68. The molecule has 3 nitrogen and oxygen atoms in total. The Hall–Kier alpha value is -0.850. The number of benzene rings is 1. The Balaban J connectivity index is 2.19. The first-order valence-corrected chi connectivity index (χ1v) is 7.62. The molecule has 0 aliphatic carbocycles. The molecule has 0 saturated heterocycles. The second-order valence-electron chi connectivity index (χ2n) is 4.69. The lowest BCUT2D eigenvalue weighted by atomic mass is 10.1. The predicted molar refractivity (Wildman–Crippen MR) is 79.5 cm³/mol. The van der Waals surface area contributed by atoms with Crippen molar-refractivity contribution in [3.05, 3.63) is 33.4 Å². The average molecular weight is 344 g/mol. The summed E-state index contributed by atoms with van der Waals surface area (Å²) in [7, 11) is 0. The van der Waals surface area contributed by atoms with E-state index in [0.717, 1.165) is 29.2 Å². The third kappa shape index (κ3) is 3.81. The van der Waals surface area contributed by atoms with Crippen molar-refractivity contribution in [1.29, 1.82) is 0 Å². The molecule has 0 atom stereocenters. The van der Waals surface area contributed by atoms with Gasteiger partial charge >= 0.3 is 0 Å². The van der Waals surface area contributed by atoms with E-state index < -0.39 is 0 Å². The van der Waals surface area contributed by atoms with Crippen molar-refractivity contribution >= 4 is 27.5 Å². The summed E-state index contributed by atoms with van der Waals surface area (Å²) in [6.45, 7) is 6.00. The molecule has 0 aliphatic heterocycles. The summed E-state index contributed by atoms with van der Waals surface area (Å²) in [5.74, 6) is 0.334. The molecule has 0 aliphatic rings. The van der Waals surface area contributed by atoms with E-state index in [1.807, 2.05) is 0 Å². The number of nitrogens with zero attached hydrogens (tertiary/aromatic N) is 2. The van der Waals surface area contributed by atoms with Gasteiger partial charge in [-0.05, 0) is 58.1 Å². The highest BCUT2D eigenvalue weighted by atomic mass is 79.9. The van der Waals surface area contributed by atoms with Gasteiger partial charge in [0, 0.05) is 16.6 Å². The lowest BCUT2D eigenvalue weighted by Gasteiger charge is -2.07. The first kappa shape index (κ1) is 14.6. The first-order valence-electron chi connectivity index (χ1n) is 6.05. The fraction of sp³-hybridized carbons (Fsp3) is 0.385. The fourth-order valence-corrected chi connectivity index (χ4v) is 2.85. The Bertz CT molecular complexity index is 557. The maximum atomic E-state index is 13.1. The summed E-state index contributed by atoms with van der Waals surface area (Å²) in [6.07, 6.45) is 0. The molecule has 2 aromatic rings. The largest absolute Gasteiger partial charge is 0.311 e. The Morgan fingerprint density at radius 2 is 2.21 bits per heavy atom. The normalized spacial score (nSPS) is 11.2. The minimum absolute atomic E-state index is 0.265. The number of nitrogens with one attached hydrogen (secondary N) is 1. The van der Waals surface area contributed by atoms with Crippen molar-refractivity contribution in [2.45, 2.75) is 20.4 Å². The Morgan fingerprint density at radius 1 is 1.42 bits per heavy atom. The van der Waals surface area contributed by atoms with Gasteiger partial charge in [-0.2, -0.15) is 0 Å². The summed E-state index contributed by atoms with van der Waals surface area (Å²) in [4.78, 5) is 1.06. The number of hydrogen-bond acceptors (Lipinski definition) is 4. The number of halogens is 2. The average Bonchev–Trinajstić information content (AvgIpc) is 2.77. The molecule has 102 valence electrons. The van der Waals surface area contributed by atoms with E-state index in [2.05, 4.69) is 44.7 Å². The van der Waals surface area contributed by atoms with E-state index in [0.29, 0.717) is 10.4 Å². The highest BCUT2D eigenvalue weighted by molar-refractivity contribution is 9.10. The van der Waals surface area contributed by atoms with Crippen LogP contribution in [0.15, 0.2) is 22.7 Å². The van der Waals surface area contributed by atoms with Crippen molar-refractivity contribution in [2.24, 2.45) is 5.92 Å². The summed E-state index contributed by atoms with van der Waals surface area (Å²) in [5, 5.41) is 7.52. The van der Waals surface area contributed by atoms with Gasteiger partial charge in [0.25, 0.3) is 0 Å². The van der Waals surface area contributed by atoms with Crippen LogP contribution < -0.4 is 5.32 Å². The molecule has 1 N–H and O–H groups in total. The van der Waals surface area contributed by atoms with Gasteiger partial charge in [0.15, 0.2) is 0 Å². The van der Waals surface area contributed by atoms with Crippen LogP contribution in [0.1, 0.15) is 18.7 Å². The second-order valence-corrected chi connectivity index (χ2v) is 6.39. The summed E-state index contributed by atoms with van der Waals surface area (Å²) >= 11 is 4.74. The molecule has 0 unspecified atom stereocenters. The van der Waals surface area contributed by atoms with Crippen LogP contribution in [0.25, 0.3) is 11.3 Å². The summed E-state index contributed by atoms with van der Waals surface area (Å²) in [6, 6.07) is 4.60. The van der Waals surface area contributed by atoms with Gasteiger partial charge in [0.2, 0.25) is 0 Å². The number of hydrogen-bond donors (Lipinski definition) is 1. The Morgan fingerprint density at radius 3 is 2.89 bits per heavy atom. The monoisotopic (exact) mass is 343 g/mol. The van der Waals surface area contributed by atoms with Gasteiger partial charge < -0.3 is 5.32 Å². The quantitative estimate of drug-likeness (QED) is 0.895. The highest BCUT2D eigenvalue weighted by Crippen LogP contribution is 2.31. The van der Waals surface area contributed by atoms with Gasteiger partial charge in [-0.1, -0.05) is 18.3 Å². The van der Waals surface area contributed by atoms with Crippen LogP contribution >= 0.6 is 27.5 Å². The minimum atomic E-state index is -0.265. The Labute approximate surface area is 124 Å². The number of aromatic nitrogens is 2. The van der Waals surface area contributed by atoms with E-state index in [4.69, 9.17) is 0 Å². The molecule has 0 bridgehead atoms. The molecule has 0 fully saturated rings. The van der Waals surface area contributed by atoms with E-state index in [-0.39, 0.29) is 5.82 Å². The maximum absolute atomic E-state index is 13.1. The van der Waals surface area contributed by atoms with Gasteiger partial charge in [0.1, 0.15) is 11.5 Å². The zero-order valence-electron chi connectivity index (χ0n) is 10.8. The van der Waals surface area contributed by atoms with Crippen LogP contribution in [0, 0.1) is 11.7 Å². The number of rotatable bonds is 5. The van der Waals surface area contributed by atoms with Crippen LogP contribution in [0.3, 0.4) is 0 Å². The van der Waals surface area contributed by atoms with E-state index in [1.165, 1.54) is 23.7 Å². The zero-order valence-corrected chi connectivity index (χ0v) is 13.2. The minimum Gasteiger partial charge on any atom is -0.311 e. The zero-order chi connectivity index (χ0) is 13.8. The second kappa shape index (κ2) is 6.54. The molecule has 0 radical (unpaired) electrons. The van der Waals surface area contributed by atoms with Gasteiger partial charge in [-0.15, -0.1) is 5.10 Å². The lowest BCUT2D eigenvalue weighted by molar-refractivity contribution is 0.555. The van der Waals surface area contributed by atoms with E-state index >= 15 is 0 Å². The van der Waals surface area contributed by atoms with Crippen molar-refractivity contribution in [1.82, 2.24) is 14.9 Å². The fourth-order valence-electron chi connectivity index (χ4n) is 1.69. The van der Waals surface area contributed by atoms with Crippen LogP contribution in [-0.2, 0) is 6.54 Å². The van der Waals surface area contributed by atoms with E-state index in [1.54, 1.807) is 6.07 Å². The lowest BCUT2D eigenvalue weighted by Crippen LogP contribution is -2.18. The summed E-state index contributed by atoms with van der Waals surface area (Å²) < 4.78 is 17.8. The third-order valence-electron chi connectivity index (χ3n) is 2.58. The first-order chi connectivity index (χ1) is 9.08. The molecule has 0 saturated carbocycles. The van der Waals surface area contributed by atoms with Crippen molar-refractivity contribution in [3.8, 4) is 11.3 Å². The molecule has 2 rings (SSSR count). The van der Waals surface area contributed by atoms with Gasteiger partial charge in [0.05, 0.1) is 4.88 Å². The molecule has 1 aromatic carbocycles. The molecule has 1 heterocycles. The van der Waals surface area contributed by atoms with Crippen LogP contribution in [0.2, 0.25) is 0 Å². The molecule has 19 heavy (non-hydrogen) atoms. The third-order valence-corrected chi connectivity index (χ3v) is 3.96. The van der Waals surface area contributed by atoms with Crippen molar-refractivity contribution in [3.63, 3.8) is 0 Å². The molecular formula is C13H15BrFN3S. The van der Waals surface area contributed by atoms with Crippen LogP contribution in [0.4, 0.5) is 4.39 Å². The molecule has 0 spiro atoms. The smallest absolute Gasteiger partial charge is 0.124 e. The predicted octanol–water partition coefficient (Wildman–Crippen LogP) is 3.85. The molecule has 1 aromatic heterocycles. The van der Waals surface area contributed by atoms with E-state index in [9.17, 15) is 4.39 Å². The SMILES string of the molecule is CC(C)CNCc1snnc1-c1ccc(F)cc1Br. The maximum Gasteiger partial charge on any atom is 0.124 e. The topological polar surface area (TPSA) is 37.8 Å². The standard InChI is InChI=1S/C13H15BrFN3S/c1-8(2)6-16-7-12-13(17-18-19-12)10-4-3-9(15)5-11(10)14/h3-5,8,16H,6-7H2,1-2H3. The van der Waals surface area contributed by atoms with Gasteiger partial charge in [-0.25, -0.2) is 4.39 Å². The Kier molecular flexibility index (Phi) is 5.01. The van der Waals surface area contributed by atoms with Gasteiger partial charge in [-0.3, -0.25) is 0 Å². The van der Waals surface area contributed by atoms with Crippen LogP contribution in [-0.4, -0.2) is 16.1 Å². The van der Waals surface area contributed by atoms with Crippen LogP contribution in [0.5, 0.6) is 0 Å².